The summed E-state index contributed by atoms with van der Waals surface area (Å²) in [6.07, 6.45) is 2.74. The number of thiophene rings is 1. The van der Waals surface area contributed by atoms with Crippen molar-refractivity contribution >= 4 is 28.2 Å². The third kappa shape index (κ3) is 3.12. The normalized spacial score (nSPS) is 16.7. The van der Waals surface area contributed by atoms with Crippen molar-refractivity contribution in [3.8, 4) is 0 Å². The fourth-order valence-corrected chi connectivity index (χ4v) is 4.16. The number of benzene rings is 1. The number of nitrogens with one attached hydrogen (secondary N) is 1. The van der Waals surface area contributed by atoms with Crippen LogP contribution in [0.4, 0.5) is 9.39 Å². The van der Waals surface area contributed by atoms with Gasteiger partial charge >= 0.3 is 0 Å². The van der Waals surface area contributed by atoms with Gasteiger partial charge in [0.1, 0.15) is 10.8 Å². The van der Waals surface area contributed by atoms with Crippen molar-refractivity contribution in [3.05, 3.63) is 51.7 Å². The monoisotopic (exact) mass is 332 g/mol. The molecule has 0 radical (unpaired) electrons. The Morgan fingerprint density at radius 3 is 2.87 bits per heavy atom. The molecule has 1 aromatic carbocycles. The van der Waals surface area contributed by atoms with Crippen LogP contribution in [0.2, 0.25) is 0 Å². The topological polar surface area (TPSA) is 72.2 Å². The average Bonchev–Trinajstić information content (AvgIpc) is 2.84. The molecule has 0 saturated carbocycles. The molecule has 3 N–H and O–H groups in total. The van der Waals surface area contributed by atoms with Gasteiger partial charge in [-0.3, -0.25) is 9.59 Å². The minimum atomic E-state index is -0.536. The molecule has 1 aromatic heterocycles. The van der Waals surface area contributed by atoms with E-state index in [-0.39, 0.29) is 5.56 Å². The van der Waals surface area contributed by atoms with Crippen molar-refractivity contribution in [2.45, 2.75) is 26.2 Å². The van der Waals surface area contributed by atoms with E-state index in [1.807, 2.05) is 0 Å². The zero-order chi connectivity index (χ0) is 16.6. The highest BCUT2D eigenvalue weighted by Gasteiger charge is 2.27. The number of rotatable bonds is 3. The number of nitrogens with two attached hydrogens (primary N) is 1. The van der Waals surface area contributed by atoms with Crippen LogP contribution in [-0.4, -0.2) is 11.8 Å². The lowest BCUT2D eigenvalue weighted by molar-refractivity contribution is 0.1000. The highest BCUT2D eigenvalue weighted by atomic mass is 32.1. The van der Waals surface area contributed by atoms with E-state index in [1.54, 1.807) is 0 Å². The molecule has 1 atom stereocenters. The van der Waals surface area contributed by atoms with Crippen LogP contribution in [-0.2, 0) is 12.8 Å². The molecule has 0 unspecified atom stereocenters. The standard InChI is InChI=1S/C17H17FN2O2S/c1-9-5-6-13-12(7-9)14(15(19)21)17(23-13)20-16(22)10-3-2-4-11(18)8-10/h2-4,8-9H,5-7H2,1H3,(H2,19,21)(H,20,22)/t9-/m1/s1. The maximum Gasteiger partial charge on any atom is 0.256 e. The van der Waals surface area contributed by atoms with Gasteiger partial charge in [0, 0.05) is 10.4 Å². The van der Waals surface area contributed by atoms with Gasteiger partial charge in [-0.05, 0) is 48.9 Å². The van der Waals surface area contributed by atoms with E-state index in [9.17, 15) is 14.0 Å². The van der Waals surface area contributed by atoms with E-state index in [1.165, 1.54) is 29.5 Å². The Labute approximate surface area is 137 Å². The second kappa shape index (κ2) is 6.12. The first-order chi connectivity index (χ1) is 11.0. The van der Waals surface area contributed by atoms with Crippen LogP contribution in [0.3, 0.4) is 0 Å². The fourth-order valence-electron chi connectivity index (χ4n) is 2.91. The van der Waals surface area contributed by atoms with Gasteiger partial charge in [0.05, 0.1) is 5.56 Å². The van der Waals surface area contributed by atoms with E-state index in [4.69, 9.17) is 5.73 Å². The summed E-state index contributed by atoms with van der Waals surface area (Å²) in [6, 6.07) is 5.43. The number of halogens is 1. The van der Waals surface area contributed by atoms with Crippen molar-refractivity contribution in [1.29, 1.82) is 0 Å². The van der Waals surface area contributed by atoms with Gasteiger partial charge in [0.15, 0.2) is 0 Å². The molecule has 0 saturated heterocycles. The van der Waals surface area contributed by atoms with Gasteiger partial charge in [0.25, 0.3) is 11.8 Å². The van der Waals surface area contributed by atoms with Gasteiger partial charge in [-0.25, -0.2) is 4.39 Å². The highest BCUT2D eigenvalue weighted by molar-refractivity contribution is 7.17. The molecule has 0 aliphatic heterocycles. The molecule has 1 aliphatic carbocycles. The molecule has 120 valence electrons. The highest BCUT2D eigenvalue weighted by Crippen LogP contribution is 2.39. The van der Waals surface area contributed by atoms with Gasteiger partial charge < -0.3 is 11.1 Å². The van der Waals surface area contributed by atoms with Crippen LogP contribution in [0.25, 0.3) is 0 Å². The van der Waals surface area contributed by atoms with Crippen molar-refractivity contribution < 1.29 is 14.0 Å². The van der Waals surface area contributed by atoms with Crippen molar-refractivity contribution in [2.75, 3.05) is 5.32 Å². The van der Waals surface area contributed by atoms with Crippen LogP contribution in [0.15, 0.2) is 24.3 Å². The lowest BCUT2D eigenvalue weighted by atomic mass is 9.87. The Morgan fingerprint density at radius 2 is 2.17 bits per heavy atom. The Bertz CT molecular complexity index is 785. The number of primary amides is 1. The van der Waals surface area contributed by atoms with Crippen LogP contribution >= 0.6 is 11.3 Å². The van der Waals surface area contributed by atoms with Gasteiger partial charge in [0.2, 0.25) is 0 Å². The number of amides is 2. The first kappa shape index (κ1) is 15.7. The smallest absolute Gasteiger partial charge is 0.256 e. The number of carbonyl (C=O) groups is 2. The average molecular weight is 332 g/mol. The summed E-state index contributed by atoms with van der Waals surface area (Å²) in [5.74, 6) is -0.973. The minimum Gasteiger partial charge on any atom is -0.365 e. The van der Waals surface area contributed by atoms with Gasteiger partial charge in [-0.1, -0.05) is 13.0 Å². The Balaban J connectivity index is 1.94. The summed E-state index contributed by atoms with van der Waals surface area (Å²) < 4.78 is 13.3. The first-order valence-corrected chi connectivity index (χ1v) is 8.28. The molecule has 6 heteroatoms. The van der Waals surface area contributed by atoms with E-state index in [0.717, 1.165) is 35.8 Å². The lowest BCUT2D eigenvalue weighted by Crippen LogP contribution is -2.19. The molecule has 23 heavy (non-hydrogen) atoms. The summed E-state index contributed by atoms with van der Waals surface area (Å²) in [6.45, 7) is 2.14. The molecular formula is C17H17FN2O2S. The van der Waals surface area contributed by atoms with Crippen LogP contribution in [0, 0.1) is 11.7 Å². The van der Waals surface area contributed by atoms with Gasteiger partial charge in [-0.15, -0.1) is 11.3 Å². The molecule has 1 aliphatic rings. The molecule has 1 heterocycles. The third-order valence-electron chi connectivity index (χ3n) is 4.07. The van der Waals surface area contributed by atoms with Gasteiger partial charge in [-0.2, -0.15) is 0 Å². The Kier molecular flexibility index (Phi) is 4.17. The molecule has 2 aromatic rings. The second-order valence-corrected chi connectivity index (χ2v) is 6.99. The second-order valence-electron chi connectivity index (χ2n) is 5.88. The maximum absolute atomic E-state index is 13.3. The summed E-state index contributed by atoms with van der Waals surface area (Å²) in [7, 11) is 0. The van der Waals surface area contributed by atoms with E-state index < -0.39 is 17.6 Å². The predicted molar refractivity (Wildman–Crippen MR) is 88.4 cm³/mol. The summed E-state index contributed by atoms with van der Waals surface area (Å²) in [5, 5.41) is 3.18. The molecule has 0 bridgehead atoms. The summed E-state index contributed by atoms with van der Waals surface area (Å²) in [5.41, 5.74) is 7.09. The summed E-state index contributed by atoms with van der Waals surface area (Å²) >= 11 is 1.39. The molecule has 0 fully saturated rings. The van der Waals surface area contributed by atoms with Crippen molar-refractivity contribution in [1.82, 2.24) is 0 Å². The number of carbonyl (C=O) groups excluding carboxylic acids is 2. The number of hydrogen-bond donors (Lipinski definition) is 2. The van der Waals surface area contributed by atoms with E-state index in [0.29, 0.717) is 16.5 Å². The quantitative estimate of drug-likeness (QED) is 0.904. The zero-order valence-corrected chi connectivity index (χ0v) is 13.5. The van der Waals surface area contributed by atoms with E-state index >= 15 is 0 Å². The van der Waals surface area contributed by atoms with Crippen molar-refractivity contribution in [3.63, 3.8) is 0 Å². The molecule has 2 amide bonds. The maximum atomic E-state index is 13.3. The minimum absolute atomic E-state index is 0.208. The Hall–Kier alpha value is -2.21. The lowest BCUT2D eigenvalue weighted by Gasteiger charge is -2.18. The molecule has 4 nitrogen and oxygen atoms in total. The largest absolute Gasteiger partial charge is 0.365 e. The van der Waals surface area contributed by atoms with Crippen LogP contribution < -0.4 is 11.1 Å². The van der Waals surface area contributed by atoms with Crippen LogP contribution in [0.1, 0.15) is 44.5 Å². The van der Waals surface area contributed by atoms with Crippen molar-refractivity contribution in [2.24, 2.45) is 11.7 Å². The number of fused-ring (bicyclic) bond motifs is 1. The first-order valence-electron chi connectivity index (χ1n) is 7.47. The number of hydrogen-bond acceptors (Lipinski definition) is 3. The fraction of sp³-hybridized carbons (Fsp3) is 0.294. The number of anilines is 1. The number of aryl methyl sites for hydroxylation is 1. The molecule has 0 spiro atoms. The summed E-state index contributed by atoms with van der Waals surface area (Å²) in [4.78, 5) is 25.2. The molecular weight excluding hydrogens is 315 g/mol. The SMILES string of the molecule is C[C@@H]1CCc2sc(NC(=O)c3cccc(F)c3)c(C(N)=O)c2C1. The zero-order valence-electron chi connectivity index (χ0n) is 12.7. The van der Waals surface area contributed by atoms with Crippen LogP contribution in [0.5, 0.6) is 0 Å². The predicted octanol–water partition coefficient (Wildman–Crippen LogP) is 3.36. The Morgan fingerprint density at radius 1 is 1.39 bits per heavy atom. The third-order valence-corrected chi connectivity index (χ3v) is 5.27. The van der Waals surface area contributed by atoms with E-state index in [2.05, 4.69) is 12.2 Å². The molecule has 3 rings (SSSR count).